The van der Waals surface area contributed by atoms with Gasteiger partial charge in [0.15, 0.2) is 6.10 Å². The Morgan fingerprint density at radius 1 is 1.12 bits per heavy atom. The Morgan fingerprint density at radius 3 is 2.54 bits per heavy atom. The predicted octanol–water partition coefficient (Wildman–Crippen LogP) is 2.64. The number of hydrogen-bond acceptors (Lipinski definition) is 3. The first-order valence-corrected chi connectivity index (χ1v) is 8.01. The molecular formula is C19H20FNO3. The first-order chi connectivity index (χ1) is 11.7. The van der Waals surface area contributed by atoms with E-state index in [1.54, 1.807) is 12.1 Å². The van der Waals surface area contributed by atoms with Crippen molar-refractivity contribution < 1.29 is 18.7 Å². The van der Waals surface area contributed by atoms with Crippen molar-refractivity contribution in [2.24, 2.45) is 0 Å². The van der Waals surface area contributed by atoms with E-state index >= 15 is 0 Å². The lowest BCUT2D eigenvalue weighted by Gasteiger charge is -2.26. The molecule has 1 aliphatic heterocycles. The molecule has 1 saturated heterocycles. The highest BCUT2D eigenvalue weighted by atomic mass is 19.1. The van der Waals surface area contributed by atoms with Crippen molar-refractivity contribution in [1.82, 2.24) is 5.32 Å². The van der Waals surface area contributed by atoms with Crippen molar-refractivity contribution >= 4 is 5.91 Å². The Bertz CT molecular complexity index is 654. The van der Waals surface area contributed by atoms with Gasteiger partial charge in [0.25, 0.3) is 5.91 Å². The zero-order valence-electron chi connectivity index (χ0n) is 13.3. The summed E-state index contributed by atoms with van der Waals surface area (Å²) in [5, 5.41) is 3.03. The van der Waals surface area contributed by atoms with Crippen LogP contribution in [0.15, 0.2) is 54.6 Å². The lowest BCUT2D eigenvalue weighted by molar-refractivity contribution is -0.148. The molecule has 4 nitrogen and oxygen atoms in total. The Morgan fingerprint density at radius 2 is 1.88 bits per heavy atom. The minimum Gasteiger partial charge on any atom is -0.376 e. The van der Waals surface area contributed by atoms with Gasteiger partial charge in [-0.1, -0.05) is 42.5 Å². The quantitative estimate of drug-likeness (QED) is 0.917. The Labute approximate surface area is 140 Å². The summed E-state index contributed by atoms with van der Waals surface area (Å²) in [6, 6.07) is 15.8. The van der Waals surface area contributed by atoms with Gasteiger partial charge >= 0.3 is 0 Å². The first kappa shape index (κ1) is 16.6. The molecule has 0 bridgehead atoms. The second-order valence-electron chi connectivity index (χ2n) is 5.74. The van der Waals surface area contributed by atoms with Gasteiger partial charge in [0.1, 0.15) is 5.82 Å². The summed E-state index contributed by atoms with van der Waals surface area (Å²) in [6.45, 7) is 1.21. The number of hydrogen-bond donors (Lipinski definition) is 1. The van der Waals surface area contributed by atoms with Gasteiger partial charge in [-0.25, -0.2) is 4.39 Å². The van der Waals surface area contributed by atoms with Crippen LogP contribution < -0.4 is 5.32 Å². The monoisotopic (exact) mass is 329 g/mol. The molecule has 3 rings (SSSR count). The Kier molecular flexibility index (Phi) is 5.56. The first-order valence-electron chi connectivity index (χ1n) is 8.01. The molecule has 126 valence electrons. The number of carbonyl (C=O) groups excluding carboxylic acids is 1. The van der Waals surface area contributed by atoms with Crippen LogP contribution in [0.4, 0.5) is 4.39 Å². The molecule has 2 atom stereocenters. The standard InChI is InChI=1S/C19H20FNO3/c20-16-8-6-14(7-9-16)12-17(15-4-2-1-3-5-15)21-19(22)18-13-23-10-11-24-18/h1-9,17-18H,10-13H2,(H,21,22)/t17-,18+/m0/s1. The molecule has 24 heavy (non-hydrogen) atoms. The molecule has 2 aromatic rings. The van der Waals surface area contributed by atoms with Gasteiger partial charge in [-0.15, -0.1) is 0 Å². The van der Waals surface area contributed by atoms with Crippen LogP contribution in [-0.4, -0.2) is 31.8 Å². The highest BCUT2D eigenvalue weighted by Gasteiger charge is 2.25. The lowest BCUT2D eigenvalue weighted by Crippen LogP contribution is -2.44. The normalized spacial score (nSPS) is 18.8. The molecule has 2 aromatic carbocycles. The molecule has 1 aliphatic rings. The molecule has 0 radical (unpaired) electrons. The van der Waals surface area contributed by atoms with Crippen LogP contribution in [-0.2, 0) is 20.7 Å². The molecule has 0 saturated carbocycles. The third-order valence-electron chi connectivity index (χ3n) is 3.98. The minimum absolute atomic E-state index is 0.189. The third-order valence-corrected chi connectivity index (χ3v) is 3.98. The average molecular weight is 329 g/mol. The smallest absolute Gasteiger partial charge is 0.252 e. The van der Waals surface area contributed by atoms with E-state index in [0.717, 1.165) is 11.1 Å². The molecule has 1 fully saturated rings. The number of nitrogens with one attached hydrogen (secondary N) is 1. The summed E-state index contributed by atoms with van der Waals surface area (Å²) >= 11 is 0. The van der Waals surface area contributed by atoms with Crippen LogP contribution in [0.25, 0.3) is 0 Å². The van der Waals surface area contributed by atoms with Gasteiger partial charge in [-0.3, -0.25) is 4.79 Å². The molecule has 0 aromatic heterocycles. The zero-order valence-corrected chi connectivity index (χ0v) is 13.3. The van der Waals surface area contributed by atoms with Crippen LogP contribution >= 0.6 is 0 Å². The minimum atomic E-state index is -0.585. The fourth-order valence-corrected chi connectivity index (χ4v) is 2.70. The maximum absolute atomic E-state index is 13.1. The highest BCUT2D eigenvalue weighted by Crippen LogP contribution is 2.19. The molecule has 1 amide bonds. The highest BCUT2D eigenvalue weighted by molar-refractivity contribution is 5.81. The third kappa shape index (κ3) is 4.40. The fourth-order valence-electron chi connectivity index (χ4n) is 2.70. The molecule has 5 heteroatoms. The summed E-state index contributed by atoms with van der Waals surface area (Å²) in [7, 11) is 0. The molecule has 0 unspecified atom stereocenters. The maximum Gasteiger partial charge on any atom is 0.252 e. The summed E-state index contributed by atoms with van der Waals surface area (Å²) in [5.74, 6) is -0.461. The predicted molar refractivity (Wildman–Crippen MR) is 88.0 cm³/mol. The number of rotatable bonds is 5. The number of benzene rings is 2. The van der Waals surface area contributed by atoms with Crippen LogP contribution in [0.1, 0.15) is 17.2 Å². The molecule has 0 spiro atoms. The number of ether oxygens (including phenoxy) is 2. The van der Waals surface area contributed by atoms with E-state index in [1.165, 1.54) is 12.1 Å². The lowest BCUT2D eigenvalue weighted by atomic mass is 9.98. The van der Waals surface area contributed by atoms with Crippen molar-refractivity contribution in [3.05, 3.63) is 71.5 Å². The molecule has 1 heterocycles. The SMILES string of the molecule is O=C(N[C@@H](Cc1ccc(F)cc1)c1ccccc1)[C@H]1COCCO1. The summed E-state index contributed by atoms with van der Waals surface area (Å²) in [5.41, 5.74) is 1.94. The number of halogens is 1. The van der Waals surface area contributed by atoms with E-state index in [0.29, 0.717) is 19.6 Å². The van der Waals surface area contributed by atoms with Gasteiger partial charge in [0, 0.05) is 0 Å². The Hall–Kier alpha value is -2.24. The number of amides is 1. The second-order valence-corrected chi connectivity index (χ2v) is 5.74. The molecule has 1 N–H and O–H groups in total. The molecule has 0 aliphatic carbocycles. The van der Waals surface area contributed by atoms with E-state index < -0.39 is 6.10 Å². The van der Waals surface area contributed by atoms with E-state index in [9.17, 15) is 9.18 Å². The second kappa shape index (κ2) is 8.04. The van der Waals surface area contributed by atoms with E-state index in [1.807, 2.05) is 30.3 Å². The fraction of sp³-hybridized carbons (Fsp3) is 0.316. The average Bonchev–Trinajstić information content (AvgIpc) is 2.64. The molecular weight excluding hydrogens is 309 g/mol. The largest absolute Gasteiger partial charge is 0.376 e. The van der Waals surface area contributed by atoms with Crippen molar-refractivity contribution in [3.8, 4) is 0 Å². The zero-order chi connectivity index (χ0) is 16.8. The Balaban J connectivity index is 1.74. The summed E-state index contributed by atoms with van der Waals surface area (Å²) in [6.07, 6.45) is -0.0120. The van der Waals surface area contributed by atoms with E-state index in [4.69, 9.17) is 9.47 Å². The van der Waals surface area contributed by atoms with Crippen molar-refractivity contribution in [2.45, 2.75) is 18.6 Å². The van der Waals surface area contributed by atoms with E-state index in [-0.39, 0.29) is 24.4 Å². The van der Waals surface area contributed by atoms with Gasteiger partial charge in [0.2, 0.25) is 0 Å². The van der Waals surface area contributed by atoms with Crippen LogP contribution in [0.2, 0.25) is 0 Å². The van der Waals surface area contributed by atoms with Gasteiger partial charge < -0.3 is 14.8 Å². The van der Waals surface area contributed by atoms with Crippen LogP contribution in [0, 0.1) is 5.82 Å². The summed E-state index contributed by atoms with van der Waals surface area (Å²) in [4.78, 5) is 12.5. The van der Waals surface area contributed by atoms with Crippen molar-refractivity contribution in [3.63, 3.8) is 0 Å². The maximum atomic E-state index is 13.1. The summed E-state index contributed by atoms with van der Waals surface area (Å²) < 4.78 is 23.9. The topological polar surface area (TPSA) is 47.6 Å². The van der Waals surface area contributed by atoms with Gasteiger partial charge in [-0.2, -0.15) is 0 Å². The van der Waals surface area contributed by atoms with E-state index in [2.05, 4.69) is 5.32 Å². The van der Waals surface area contributed by atoms with Crippen molar-refractivity contribution in [1.29, 1.82) is 0 Å². The van der Waals surface area contributed by atoms with Crippen molar-refractivity contribution in [2.75, 3.05) is 19.8 Å². The van der Waals surface area contributed by atoms with Crippen LogP contribution in [0.3, 0.4) is 0 Å². The van der Waals surface area contributed by atoms with Crippen LogP contribution in [0.5, 0.6) is 0 Å². The number of carbonyl (C=O) groups is 1. The van der Waals surface area contributed by atoms with Gasteiger partial charge in [0.05, 0.1) is 25.9 Å². The van der Waals surface area contributed by atoms with Gasteiger partial charge in [-0.05, 0) is 29.7 Å².